The van der Waals surface area contributed by atoms with Crippen molar-refractivity contribution in [2.24, 2.45) is 0 Å². The highest BCUT2D eigenvalue weighted by Gasteiger charge is 2.29. The summed E-state index contributed by atoms with van der Waals surface area (Å²) in [5, 5.41) is 9.84. The molecule has 1 aromatic rings. The van der Waals surface area contributed by atoms with E-state index >= 15 is 0 Å². The molecule has 0 saturated heterocycles. The van der Waals surface area contributed by atoms with Crippen molar-refractivity contribution < 1.29 is 14.6 Å². The van der Waals surface area contributed by atoms with Gasteiger partial charge in [0.15, 0.2) is 6.61 Å². The monoisotopic (exact) mass is 283 g/mol. The van der Waals surface area contributed by atoms with Crippen molar-refractivity contribution in [1.82, 2.24) is 4.90 Å². The standard InChI is InChI=1S/C14H18ClNO3/c1-9(17)10-3-6-13(12(15)7-10)19-8-14(18)16(2)11-4-5-11/h3,6-7,9,11,17H,4-5,8H2,1-2H3. The zero-order valence-corrected chi connectivity index (χ0v) is 11.9. The molecule has 1 amide bonds. The fraction of sp³-hybridized carbons (Fsp3) is 0.500. The van der Waals surface area contributed by atoms with Gasteiger partial charge < -0.3 is 14.7 Å². The zero-order valence-electron chi connectivity index (χ0n) is 11.1. The van der Waals surface area contributed by atoms with Gasteiger partial charge in [0.25, 0.3) is 5.91 Å². The van der Waals surface area contributed by atoms with E-state index in [1.165, 1.54) is 0 Å². The fourth-order valence-corrected chi connectivity index (χ4v) is 2.04. The number of rotatable bonds is 5. The number of ether oxygens (including phenoxy) is 1. The Morgan fingerprint density at radius 1 is 1.58 bits per heavy atom. The van der Waals surface area contributed by atoms with Crippen LogP contribution in [0.4, 0.5) is 0 Å². The third kappa shape index (κ3) is 3.61. The lowest BCUT2D eigenvalue weighted by Gasteiger charge is -2.17. The summed E-state index contributed by atoms with van der Waals surface area (Å²) < 4.78 is 5.43. The molecule has 0 spiro atoms. The minimum absolute atomic E-state index is 0.0131. The van der Waals surface area contributed by atoms with Gasteiger partial charge in [0, 0.05) is 13.1 Å². The Morgan fingerprint density at radius 3 is 2.79 bits per heavy atom. The maximum absolute atomic E-state index is 11.8. The highest BCUT2D eigenvalue weighted by Crippen LogP contribution is 2.28. The molecule has 1 saturated carbocycles. The highest BCUT2D eigenvalue weighted by atomic mass is 35.5. The van der Waals surface area contributed by atoms with E-state index in [0.29, 0.717) is 16.8 Å². The summed E-state index contributed by atoms with van der Waals surface area (Å²) in [5.41, 5.74) is 0.721. The Balaban J connectivity index is 1.93. The van der Waals surface area contributed by atoms with E-state index < -0.39 is 6.10 Å². The van der Waals surface area contributed by atoms with Gasteiger partial charge in [0.2, 0.25) is 0 Å². The van der Waals surface area contributed by atoms with Gasteiger partial charge in [-0.05, 0) is 37.5 Å². The number of hydrogen-bond donors (Lipinski definition) is 1. The van der Waals surface area contributed by atoms with Crippen molar-refractivity contribution in [1.29, 1.82) is 0 Å². The molecule has 0 radical (unpaired) electrons. The van der Waals surface area contributed by atoms with Crippen LogP contribution >= 0.6 is 11.6 Å². The fourth-order valence-electron chi connectivity index (χ4n) is 1.80. The molecular formula is C14H18ClNO3. The van der Waals surface area contributed by atoms with Crippen LogP contribution in [0, 0.1) is 0 Å². The van der Waals surface area contributed by atoms with Crippen molar-refractivity contribution in [3.8, 4) is 5.75 Å². The lowest BCUT2D eigenvalue weighted by Crippen LogP contribution is -2.33. The normalized spacial score (nSPS) is 16.0. The molecule has 0 aliphatic heterocycles. The number of carbonyl (C=O) groups is 1. The van der Waals surface area contributed by atoms with Crippen molar-refractivity contribution in [3.05, 3.63) is 28.8 Å². The summed E-state index contributed by atoms with van der Waals surface area (Å²) in [6.45, 7) is 1.65. The van der Waals surface area contributed by atoms with Crippen molar-refractivity contribution in [3.63, 3.8) is 0 Å². The van der Waals surface area contributed by atoms with Crippen LogP contribution in [-0.4, -0.2) is 35.6 Å². The average Bonchev–Trinajstić information content (AvgIpc) is 3.20. The first-order valence-corrected chi connectivity index (χ1v) is 6.73. The van der Waals surface area contributed by atoms with Crippen LogP contribution in [0.1, 0.15) is 31.4 Å². The first kappa shape index (κ1) is 14.2. The molecule has 4 nitrogen and oxygen atoms in total. The van der Waals surface area contributed by atoms with Gasteiger partial charge in [-0.25, -0.2) is 0 Å². The number of halogens is 1. The van der Waals surface area contributed by atoms with Crippen molar-refractivity contribution >= 4 is 17.5 Å². The molecule has 1 fully saturated rings. The molecular weight excluding hydrogens is 266 g/mol. The van der Waals surface area contributed by atoms with Gasteiger partial charge >= 0.3 is 0 Å². The smallest absolute Gasteiger partial charge is 0.260 e. The summed E-state index contributed by atoms with van der Waals surface area (Å²) in [4.78, 5) is 13.5. The molecule has 1 atom stereocenters. The van der Waals surface area contributed by atoms with Crippen LogP contribution in [0.5, 0.6) is 5.75 Å². The van der Waals surface area contributed by atoms with Gasteiger partial charge in [-0.15, -0.1) is 0 Å². The second-order valence-electron chi connectivity index (χ2n) is 4.89. The molecule has 1 aliphatic rings. The maximum atomic E-state index is 11.8. The first-order valence-electron chi connectivity index (χ1n) is 6.35. The quantitative estimate of drug-likeness (QED) is 0.903. The van der Waals surface area contributed by atoms with Crippen molar-refractivity contribution in [2.75, 3.05) is 13.7 Å². The van der Waals surface area contributed by atoms with E-state index in [4.69, 9.17) is 16.3 Å². The van der Waals surface area contributed by atoms with E-state index in [1.54, 1.807) is 37.1 Å². The number of amides is 1. The van der Waals surface area contributed by atoms with E-state index in [1.807, 2.05) is 0 Å². The van der Waals surface area contributed by atoms with Crippen LogP contribution < -0.4 is 4.74 Å². The Morgan fingerprint density at radius 2 is 2.26 bits per heavy atom. The second-order valence-corrected chi connectivity index (χ2v) is 5.30. The summed E-state index contributed by atoms with van der Waals surface area (Å²) in [6, 6.07) is 5.44. The molecule has 2 rings (SSSR count). The van der Waals surface area contributed by atoms with Crippen LogP contribution in [0.25, 0.3) is 0 Å². The number of carbonyl (C=O) groups excluding carboxylic acids is 1. The highest BCUT2D eigenvalue weighted by molar-refractivity contribution is 6.32. The van der Waals surface area contributed by atoms with Crippen LogP contribution in [0.3, 0.4) is 0 Å². The Bertz CT molecular complexity index is 472. The van der Waals surface area contributed by atoms with Crippen LogP contribution in [-0.2, 0) is 4.79 Å². The molecule has 1 aromatic carbocycles. The molecule has 0 heterocycles. The van der Waals surface area contributed by atoms with Gasteiger partial charge in [-0.1, -0.05) is 17.7 Å². The van der Waals surface area contributed by atoms with Crippen molar-refractivity contribution in [2.45, 2.75) is 31.9 Å². The Hall–Kier alpha value is -1.26. The lowest BCUT2D eigenvalue weighted by atomic mass is 10.1. The zero-order chi connectivity index (χ0) is 14.0. The Kier molecular flexibility index (Phi) is 4.32. The number of nitrogens with zero attached hydrogens (tertiary/aromatic N) is 1. The largest absolute Gasteiger partial charge is 0.482 e. The summed E-state index contributed by atoms with van der Waals surface area (Å²) >= 11 is 6.05. The van der Waals surface area contributed by atoms with E-state index in [-0.39, 0.29) is 12.5 Å². The molecule has 1 aliphatic carbocycles. The summed E-state index contributed by atoms with van der Waals surface area (Å²) in [7, 11) is 1.79. The number of aliphatic hydroxyl groups excluding tert-OH is 1. The minimum Gasteiger partial charge on any atom is -0.482 e. The average molecular weight is 284 g/mol. The van der Waals surface area contributed by atoms with Crippen LogP contribution in [0.2, 0.25) is 5.02 Å². The number of hydrogen-bond acceptors (Lipinski definition) is 3. The van der Waals surface area contributed by atoms with E-state index in [2.05, 4.69) is 0 Å². The van der Waals surface area contributed by atoms with E-state index in [9.17, 15) is 9.90 Å². The lowest BCUT2D eigenvalue weighted by molar-refractivity contribution is -0.132. The molecule has 0 aromatic heterocycles. The predicted molar refractivity (Wildman–Crippen MR) is 73.4 cm³/mol. The van der Waals surface area contributed by atoms with E-state index in [0.717, 1.165) is 18.4 Å². The summed E-state index contributed by atoms with van der Waals surface area (Å²) in [6.07, 6.45) is 1.58. The topological polar surface area (TPSA) is 49.8 Å². The molecule has 104 valence electrons. The Labute approximate surface area is 117 Å². The van der Waals surface area contributed by atoms with Crippen LogP contribution in [0.15, 0.2) is 18.2 Å². The first-order chi connectivity index (χ1) is 8.99. The minimum atomic E-state index is -0.575. The van der Waals surface area contributed by atoms with Gasteiger partial charge in [-0.2, -0.15) is 0 Å². The molecule has 5 heteroatoms. The molecule has 1 N–H and O–H groups in total. The third-order valence-corrected chi connectivity index (χ3v) is 3.57. The predicted octanol–water partition coefficient (Wildman–Crippen LogP) is 2.39. The second kappa shape index (κ2) is 5.80. The molecule has 1 unspecified atom stereocenters. The third-order valence-electron chi connectivity index (χ3n) is 3.28. The van der Waals surface area contributed by atoms with Gasteiger partial charge in [0.05, 0.1) is 11.1 Å². The van der Waals surface area contributed by atoms with Gasteiger partial charge in [0.1, 0.15) is 5.75 Å². The molecule has 0 bridgehead atoms. The number of aliphatic hydroxyl groups is 1. The van der Waals surface area contributed by atoms with Gasteiger partial charge in [-0.3, -0.25) is 4.79 Å². The number of likely N-dealkylation sites (N-methyl/N-ethyl adjacent to an activating group) is 1. The SMILES string of the molecule is CC(O)c1ccc(OCC(=O)N(C)C2CC2)c(Cl)c1. The molecule has 19 heavy (non-hydrogen) atoms. The summed E-state index contributed by atoms with van der Waals surface area (Å²) in [5.74, 6) is 0.418. The maximum Gasteiger partial charge on any atom is 0.260 e. The number of benzene rings is 1.